The highest BCUT2D eigenvalue weighted by Crippen LogP contribution is 2.23. The summed E-state index contributed by atoms with van der Waals surface area (Å²) in [6, 6.07) is 12.3. The van der Waals surface area contributed by atoms with E-state index in [2.05, 4.69) is 33.4 Å². The van der Waals surface area contributed by atoms with E-state index in [0.717, 1.165) is 49.7 Å². The second kappa shape index (κ2) is 8.72. The van der Waals surface area contributed by atoms with Crippen LogP contribution in [0, 0.1) is 5.92 Å². The molecule has 5 heteroatoms. The summed E-state index contributed by atoms with van der Waals surface area (Å²) in [6.45, 7) is 5.67. The molecule has 0 atom stereocenters. The third kappa shape index (κ3) is 4.86. The summed E-state index contributed by atoms with van der Waals surface area (Å²) in [7, 11) is 0. The Bertz CT molecular complexity index is 652. The Hall–Kier alpha value is -2.27. The van der Waals surface area contributed by atoms with E-state index in [0.29, 0.717) is 19.1 Å². The average Bonchev–Trinajstić information content (AvgIpc) is 2.67. The van der Waals surface area contributed by atoms with Gasteiger partial charge >= 0.3 is 0 Å². The summed E-state index contributed by atoms with van der Waals surface area (Å²) in [4.78, 5) is 6.88. The minimum Gasteiger partial charge on any atom is -0.494 e. The fraction of sp³-hybridized carbons (Fsp3) is 0.450. The van der Waals surface area contributed by atoms with Crippen molar-refractivity contribution in [1.82, 2.24) is 4.98 Å². The van der Waals surface area contributed by atoms with Crippen LogP contribution in [0.5, 0.6) is 5.75 Å². The smallest absolute Gasteiger partial charge is 0.126 e. The molecule has 1 fully saturated rings. The number of aliphatic hydroxyl groups excluding tert-OH is 1. The van der Waals surface area contributed by atoms with Crippen LogP contribution in [0.2, 0.25) is 0 Å². The maximum Gasteiger partial charge on any atom is 0.126 e. The third-order valence-electron chi connectivity index (χ3n) is 4.67. The largest absolute Gasteiger partial charge is 0.494 e. The molecule has 5 nitrogen and oxygen atoms in total. The van der Waals surface area contributed by atoms with E-state index < -0.39 is 0 Å². The topological polar surface area (TPSA) is 57.6 Å². The second-order valence-corrected chi connectivity index (χ2v) is 6.45. The zero-order valence-corrected chi connectivity index (χ0v) is 14.8. The minimum absolute atomic E-state index is 0.305. The monoisotopic (exact) mass is 341 g/mol. The number of rotatable bonds is 7. The molecule has 1 aliphatic rings. The van der Waals surface area contributed by atoms with Gasteiger partial charge in [0.15, 0.2) is 0 Å². The number of pyridine rings is 1. The highest BCUT2D eigenvalue weighted by atomic mass is 16.5. The Balaban J connectivity index is 1.53. The summed E-state index contributed by atoms with van der Waals surface area (Å²) in [5, 5.41) is 12.6. The number of benzene rings is 1. The maximum atomic E-state index is 9.24. The van der Waals surface area contributed by atoms with Crippen LogP contribution in [0.15, 0.2) is 42.6 Å². The molecule has 0 aliphatic carbocycles. The zero-order valence-electron chi connectivity index (χ0n) is 14.8. The Morgan fingerprint density at radius 3 is 2.76 bits per heavy atom. The van der Waals surface area contributed by atoms with Crippen molar-refractivity contribution < 1.29 is 9.84 Å². The lowest BCUT2D eigenvalue weighted by Crippen LogP contribution is -2.34. The van der Waals surface area contributed by atoms with E-state index in [4.69, 9.17) is 4.74 Å². The van der Waals surface area contributed by atoms with Crippen molar-refractivity contribution in [2.24, 2.45) is 5.92 Å². The number of aliphatic hydroxyl groups is 1. The molecule has 1 aromatic carbocycles. The molecule has 0 amide bonds. The molecule has 0 saturated carbocycles. The number of hydrogen-bond acceptors (Lipinski definition) is 5. The van der Waals surface area contributed by atoms with E-state index in [9.17, 15) is 5.11 Å². The normalized spacial score (nSPS) is 15.2. The molecule has 1 saturated heterocycles. The molecule has 0 unspecified atom stereocenters. The number of nitrogens with one attached hydrogen (secondary N) is 1. The van der Waals surface area contributed by atoms with Gasteiger partial charge < -0.3 is 20.1 Å². The van der Waals surface area contributed by atoms with Crippen LogP contribution in [0.3, 0.4) is 0 Å². The number of piperidine rings is 1. The second-order valence-electron chi connectivity index (χ2n) is 6.45. The lowest BCUT2D eigenvalue weighted by Gasteiger charge is -2.32. The Morgan fingerprint density at radius 2 is 2.08 bits per heavy atom. The average molecular weight is 341 g/mol. The van der Waals surface area contributed by atoms with Crippen molar-refractivity contribution in [3.8, 4) is 5.75 Å². The van der Waals surface area contributed by atoms with E-state index in [1.165, 1.54) is 5.56 Å². The van der Waals surface area contributed by atoms with Crippen molar-refractivity contribution in [1.29, 1.82) is 0 Å². The summed E-state index contributed by atoms with van der Waals surface area (Å²) in [5.41, 5.74) is 2.32. The van der Waals surface area contributed by atoms with Gasteiger partial charge in [0, 0.05) is 26.2 Å². The van der Waals surface area contributed by atoms with Gasteiger partial charge in [-0.25, -0.2) is 4.98 Å². The number of hydrogen-bond donors (Lipinski definition) is 2. The van der Waals surface area contributed by atoms with Gasteiger partial charge in [-0.3, -0.25) is 0 Å². The molecule has 25 heavy (non-hydrogen) atoms. The van der Waals surface area contributed by atoms with Crippen molar-refractivity contribution >= 4 is 11.5 Å². The summed E-state index contributed by atoms with van der Waals surface area (Å²) >= 11 is 0. The van der Waals surface area contributed by atoms with Gasteiger partial charge in [-0.05, 0) is 55.5 Å². The van der Waals surface area contributed by atoms with Gasteiger partial charge in [-0.15, -0.1) is 0 Å². The Kier molecular flexibility index (Phi) is 6.12. The molecular formula is C20H27N3O2. The summed E-state index contributed by atoms with van der Waals surface area (Å²) in [6.07, 6.45) is 4.03. The van der Waals surface area contributed by atoms with Gasteiger partial charge in [0.05, 0.1) is 18.5 Å². The first-order chi connectivity index (χ1) is 12.3. The molecule has 2 aromatic rings. The van der Waals surface area contributed by atoms with Crippen molar-refractivity contribution in [3.63, 3.8) is 0 Å². The van der Waals surface area contributed by atoms with Crippen LogP contribution in [-0.4, -0.2) is 36.4 Å². The van der Waals surface area contributed by atoms with Gasteiger partial charge in [0.1, 0.15) is 11.6 Å². The lowest BCUT2D eigenvalue weighted by molar-refractivity contribution is 0.203. The molecule has 3 rings (SSSR count). The molecule has 0 spiro atoms. The first-order valence-electron chi connectivity index (χ1n) is 9.06. The van der Waals surface area contributed by atoms with Crippen LogP contribution in [0.4, 0.5) is 11.5 Å². The van der Waals surface area contributed by atoms with Gasteiger partial charge in [-0.2, -0.15) is 0 Å². The van der Waals surface area contributed by atoms with Crippen LogP contribution in [-0.2, 0) is 6.54 Å². The molecule has 1 aromatic heterocycles. The molecular weight excluding hydrogens is 314 g/mol. The van der Waals surface area contributed by atoms with Crippen LogP contribution in [0.25, 0.3) is 0 Å². The van der Waals surface area contributed by atoms with Gasteiger partial charge in [-0.1, -0.05) is 12.1 Å². The van der Waals surface area contributed by atoms with Crippen LogP contribution < -0.4 is 15.0 Å². The first kappa shape index (κ1) is 17.5. The van der Waals surface area contributed by atoms with E-state index in [-0.39, 0.29) is 0 Å². The maximum absolute atomic E-state index is 9.24. The van der Waals surface area contributed by atoms with Crippen molar-refractivity contribution in [2.45, 2.75) is 26.3 Å². The van der Waals surface area contributed by atoms with E-state index in [1.54, 1.807) is 0 Å². The van der Waals surface area contributed by atoms with Gasteiger partial charge in [0.2, 0.25) is 0 Å². The predicted molar refractivity (Wildman–Crippen MR) is 101 cm³/mol. The van der Waals surface area contributed by atoms with Crippen LogP contribution in [0.1, 0.15) is 25.3 Å². The Labute approximate surface area is 149 Å². The zero-order chi connectivity index (χ0) is 17.5. The fourth-order valence-corrected chi connectivity index (χ4v) is 3.16. The molecule has 2 heterocycles. The molecule has 1 aliphatic heterocycles. The quantitative estimate of drug-likeness (QED) is 0.809. The molecule has 134 valence electrons. The van der Waals surface area contributed by atoms with Gasteiger partial charge in [0.25, 0.3) is 0 Å². The predicted octanol–water partition coefficient (Wildman–Crippen LogP) is 3.30. The molecule has 0 radical (unpaired) electrons. The first-order valence-corrected chi connectivity index (χ1v) is 9.06. The molecule has 0 bridgehead atoms. The number of anilines is 2. The SMILES string of the molecule is CCOc1cccc(CNc2ccc(N3CCC(CO)CC3)cn2)c1. The Morgan fingerprint density at radius 1 is 1.24 bits per heavy atom. The number of ether oxygens (including phenoxy) is 1. The summed E-state index contributed by atoms with van der Waals surface area (Å²) in [5.74, 6) is 2.23. The number of nitrogens with zero attached hydrogens (tertiary/aromatic N) is 2. The van der Waals surface area contributed by atoms with E-state index >= 15 is 0 Å². The number of aromatic nitrogens is 1. The highest BCUT2D eigenvalue weighted by Gasteiger charge is 2.18. The lowest BCUT2D eigenvalue weighted by atomic mass is 9.98. The third-order valence-corrected chi connectivity index (χ3v) is 4.67. The highest BCUT2D eigenvalue weighted by molar-refractivity contribution is 5.50. The standard InChI is InChI=1S/C20H27N3O2/c1-2-25-19-5-3-4-17(12-19)13-21-20-7-6-18(14-22-20)23-10-8-16(15-24)9-11-23/h3-7,12,14,16,24H,2,8-11,13,15H2,1H3,(H,21,22). The fourth-order valence-electron chi connectivity index (χ4n) is 3.16. The summed E-state index contributed by atoms with van der Waals surface area (Å²) < 4.78 is 5.53. The van der Waals surface area contributed by atoms with E-state index in [1.807, 2.05) is 31.3 Å². The minimum atomic E-state index is 0.305. The molecule has 2 N–H and O–H groups in total. The van der Waals surface area contributed by atoms with Crippen molar-refractivity contribution in [2.75, 3.05) is 36.5 Å². The van der Waals surface area contributed by atoms with Crippen molar-refractivity contribution in [3.05, 3.63) is 48.2 Å². The van der Waals surface area contributed by atoms with Crippen LogP contribution >= 0.6 is 0 Å².